The van der Waals surface area contributed by atoms with E-state index >= 15 is 0 Å². The van der Waals surface area contributed by atoms with Crippen LogP contribution in [0.25, 0.3) is 0 Å². The van der Waals surface area contributed by atoms with Gasteiger partial charge in [-0.15, -0.1) is 0 Å². The van der Waals surface area contributed by atoms with E-state index < -0.39 is 0 Å². The first-order valence-corrected chi connectivity index (χ1v) is 6.74. The largest absolute Gasteiger partial charge is 0.466 e. The second-order valence-corrected chi connectivity index (χ2v) is 5.12. The monoisotopic (exact) mass is 290 g/mol. The van der Waals surface area contributed by atoms with Crippen molar-refractivity contribution in [1.29, 1.82) is 0 Å². The quantitative estimate of drug-likeness (QED) is 0.617. The molecule has 1 aromatic rings. The van der Waals surface area contributed by atoms with E-state index in [9.17, 15) is 4.79 Å². The molecule has 106 valence electrons. The summed E-state index contributed by atoms with van der Waals surface area (Å²) in [6.45, 7) is 1.89. The highest BCUT2D eigenvalue weighted by Crippen LogP contribution is 2.35. The molecule has 4 nitrogen and oxygen atoms in total. The topological polar surface area (TPSA) is 32.8 Å². The number of benzene rings is 1. The molecule has 0 bridgehead atoms. The van der Waals surface area contributed by atoms with Gasteiger partial charge in [0.05, 0.1) is 18.7 Å². The fourth-order valence-electron chi connectivity index (χ4n) is 2.46. The minimum absolute atomic E-state index is 0.215. The van der Waals surface area contributed by atoms with Crippen LogP contribution in [-0.2, 0) is 9.53 Å². The lowest BCUT2D eigenvalue weighted by atomic mass is 9.94. The third-order valence-corrected chi connectivity index (χ3v) is 4.22. The highest BCUT2D eigenvalue weighted by Gasteiger charge is 2.36. The van der Waals surface area contributed by atoms with Crippen LogP contribution in [0.4, 0.5) is 0 Å². The number of allylic oxidation sites excluding steroid dienone is 1. The predicted octanol–water partition coefficient (Wildman–Crippen LogP) is 2.34. The Morgan fingerprint density at radius 2 is 1.85 bits per heavy atom. The number of methoxy groups -OCH3 is 1. The second kappa shape index (κ2) is 5.63. The van der Waals surface area contributed by atoms with Crippen molar-refractivity contribution in [3.8, 4) is 0 Å². The van der Waals surface area contributed by atoms with Crippen molar-refractivity contribution in [3.63, 3.8) is 0 Å². The van der Waals surface area contributed by atoms with Crippen LogP contribution in [0, 0.1) is 0 Å². The molecule has 1 unspecified atom stereocenters. The zero-order chi connectivity index (χ0) is 14.9. The number of nitrogens with zero attached hydrogens (tertiary/aromatic N) is 2. The van der Waals surface area contributed by atoms with Crippen LogP contribution in [0.3, 0.4) is 0 Å². The van der Waals surface area contributed by atoms with E-state index in [2.05, 4.69) is 0 Å². The highest BCUT2D eigenvalue weighted by atomic mass is 32.1. The molecule has 0 fully saturated rings. The summed E-state index contributed by atoms with van der Waals surface area (Å²) in [5.74, 6) is -0.322. The van der Waals surface area contributed by atoms with Gasteiger partial charge < -0.3 is 14.5 Å². The van der Waals surface area contributed by atoms with Gasteiger partial charge >= 0.3 is 5.97 Å². The minimum Gasteiger partial charge on any atom is -0.466 e. The minimum atomic E-state index is -0.322. The molecule has 1 heterocycles. The molecular weight excluding hydrogens is 272 g/mol. The van der Waals surface area contributed by atoms with Crippen LogP contribution in [-0.4, -0.2) is 42.1 Å². The number of likely N-dealkylation sites (N-methyl/N-ethyl adjacent to an activating group) is 1. The van der Waals surface area contributed by atoms with Crippen LogP contribution in [0.15, 0.2) is 41.6 Å². The third kappa shape index (κ3) is 2.29. The molecule has 0 saturated heterocycles. The SMILES string of the molecule is COC(=O)C1=C(C)N(C)C(=S)N(C)C1c1ccccc1. The molecule has 1 aliphatic heterocycles. The summed E-state index contributed by atoms with van der Waals surface area (Å²) in [7, 11) is 5.15. The molecule has 0 aromatic heterocycles. The van der Waals surface area contributed by atoms with Gasteiger partial charge in [-0.25, -0.2) is 4.79 Å². The number of rotatable bonds is 2. The molecule has 0 saturated carbocycles. The van der Waals surface area contributed by atoms with Gasteiger partial charge in [0.1, 0.15) is 0 Å². The number of hydrogen-bond donors (Lipinski definition) is 0. The van der Waals surface area contributed by atoms with E-state index in [0.717, 1.165) is 11.3 Å². The molecular formula is C15H18N2O2S. The van der Waals surface area contributed by atoms with Crippen LogP contribution < -0.4 is 0 Å². The Morgan fingerprint density at radius 1 is 1.25 bits per heavy atom. The van der Waals surface area contributed by atoms with E-state index in [1.54, 1.807) is 0 Å². The molecule has 2 rings (SSSR count). The van der Waals surface area contributed by atoms with Crippen LogP contribution in [0.5, 0.6) is 0 Å². The van der Waals surface area contributed by atoms with Gasteiger partial charge in [0.15, 0.2) is 5.11 Å². The first-order chi connectivity index (χ1) is 9.49. The van der Waals surface area contributed by atoms with E-state index in [0.29, 0.717) is 10.7 Å². The Balaban J connectivity index is 2.61. The fourth-order valence-corrected chi connectivity index (χ4v) is 2.70. The first-order valence-electron chi connectivity index (χ1n) is 6.33. The smallest absolute Gasteiger partial charge is 0.337 e. The average molecular weight is 290 g/mol. The maximum absolute atomic E-state index is 12.2. The number of hydrogen-bond acceptors (Lipinski definition) is 3. The third-order valence-electron chi connectivity index (χ3n) is 3.66. The standard InChI is InChI=1S/C15H18N2O2S/c1-10-12(14(18)19-4)13(11-8-6-5-7-9-11)17(3)15(20)16(10)2/h5-9,13H,1-4H3. The van der Waals surface area contributed by atoms with E-state index in [-0.39, 0.29) is 12.0 Å². The maximum Gasteiger partial charge on any atom is 0.337 e. The Hall–Kier alpha value is -1.88. The number of thiocarbonyl (C=S) groups is 1. The number of carbonyl (C=O) groups excluding carboxylic acids is 1. The van der Waals surface area contributed by atoms with Gasteiger partial charge in [0.25, 0.3) is 0 Å². The normalized spacial score (nSPS) is 19.4. The summed E-state index contributed by atoms with van der Waals surface area (Å²) in [6.07, 6.45) is 0. The number of esters is 1. The lowest BCUT2D eigenvalue weighted by molar-refractivity contribution is -0.137. The van der Waals surface area contributed by atoms with Crippen molar-refractivity contribution in [2.45, 2.75) is 13.0 Å². The maximum atomic E-state index is 12.2. The van der Waals surface area contributed by atoms with Crippen molar-refractivity contribution < 1.29 is 9.53 Å². The summed E-state index contributed by atoms with van der Waals surface area (Å²) < 4.78 is 4.95. The summed E-state index contributed by atoms with van der Waals surface area (Å²) in [4.78, 5) is 15.9. The van der Waals surface area contributed by atoms with Gasteiger partial charge in [-0.2, -0.15) is 0 Å². The summed E-state index contributed by atoms with van der Waals surface area (Å²) in [6, 6.07) is 9.62. The van der Waals surface area contributed by atoms with E-state index in [1.807, 2.05) is 61.2 Å². The molecule has 1 aromatic carbocycles. The van der Waals surface area contributed by atoms with Gasteiger partial charge in [-0.05, 0) is 24.7 Å². The molecule has 0 N–H and O–H groups in total. The molecule has 1 atom stereocenters. The van der Waals surface area contributed by atoms with Gasteiger partial charge in [-0.1, -0.05) is 30.3 Å². The van der Waals surface area contributed by atoms with Crippen LogP contribution >= 0.6 is 12.2 Å². The molecule has 1 aliphatic rings. The molecule has 0 aliphatic carbocycles. The fraction of sp³-hybridized carbons (Fsp3) is 0.333. The van der Waals surface area contributed by atoms with Crippen molar-refractivity contribution >= 4 is 23.3 Å². The lowest BCUT2D eigenvalue weighted by Crippen LogP contribution is -2.47. The van der Waals surface area contributed by atoms with Crippen LogP contribution in [0.1, 0.15) is 18.5 Å². The van der Waals surface area contributed by atoms with Gasteiger partial charge in [0, 0.05) is 19.8 Å². The van der Waals surface area contributed by atoms with Crippen molar-refractivity contribution in [1.82, 2.24) is 9.80 Å². The zero-order valence-electron chi connectivity index (χ0n) is 12.1. The van der Waals surface area contributed by atoms with E-state index in [4.69, 9.17) is 17.0 Å². The number of ether oxygens (including phenoxy) is 1. The average Bonchev–Trinajstić information content (AvgIpc) is 2.48. The molecule has 5 heteroatoms. The summed E-state index contributed by atoms with van der Waals surface area (Å²) in [5, 5.41) is 0.684. The van der Waals surface area contributed by atoms with Gasteiger partial charge in [0.2, 0.25) is 0 Å². The molecule has 0 radical (unpaired) electrons. The van der Waals surface area contributed by atoms with Crippen molar-refractivity contribution in [2.24, 2.45) is 0 Å². The Morgan fingerprint density at radius 3 is 2.40 bits per heavy atom. The van der Waals surface area contributed by atoms with Crippen molar-refractivity contribution in [2.75, 3.05) is 21.2 Å². The van der Waals surface area contributed by atoms with E-state index in [1.165, 1.54) is 7.11 Å². The molecule has 20 heavy (non-hydrogen) atoms. The summed E-state index contributed by atoms with van der Waals surface area (Å²) >= 11 is 5.45. The number of carbonyl (C=O) groups is 1. The Bertz CT molecular complexity index is 568. The highest BCUT2D eigenvalue weighted by molar-refractivity contribution is 7.80. The molecule has 0 amide bonds. The Labute approximate surface area is 124 Å². The summed E-state index contributed by atoms with van der Waals surface area (Å²) in [5.41, 5.74) is 2.47. The predicted molar refractivity (Wildman–Crippen MR) is 82.0 cm³/mol. The zero-order valence-corrected chi connectivity index (χ0v) is 12.9. The first kappa shape index (κ1) is 14.5. The van der Waals surface area contributed by atoms with Gasteiger partial charge in [-0.3, -0.25) is 0 Å². The molecule has 0 spiro atoms. The Kier molecular flexibility index (Phi) is 4.09. The second-order valence-electron chi connectivity index (χ2n) is 4.76. The van der Waals surface area contributed by atoms with Crippen molar-refractivity contribution in [3.05, 3.63) is 47.2 Å². The lowest BCUT2D eigenvalue weighted by Gasteiger charge is -2.41. The van der Waals surface area contributed by atoms with Crippen LogP contribution in [0.2, 0.25) is 0 Å².